The van der Waals surface area contributed by atoms with Crippen LogP contribution < -0.4 is 5.43 Å². The Morgan fingerprint density at radius 3 is 2.36 bits per heavy atom. The Kier molecular flexibility index (Phi) is 3.96. The van der Waals surface area contributed by atoms with E-state index in [0.29, 0.717) is 6.42 Å². The molecule has 0 spiro atoms. The van der Waals surface area contributed by atoms with Crippen molar-refractivity contribution < 1.29 is 4.79 Å². The van der Waals surface area contributed by atoms with Crippen LogP contribution in [0.5, 0.6) is 0 Å². The van der Waals surface area contributed by atoms with Gasteiger partial charge in [-0.3, -0.25) is 4.79 Å². The minimum absolute atomic E-state index is 0.131. The molecule has 0 bridgehead atoms. The lowest BCUT2D eigenvalue weighted by atomic mass is 10.1. The highest BCUT2D eigenvalue weighted by Crippen LogP contribution is 2.20. The lowest BCUT2D eigenvalue weighted by molar-refractivity contribution is -0.116. The number of nitrogens with zero attached hydrogens (tertiary/aromatic N) is 3. The monoisotopic (exact) mass is 292 g/mol. The first-order valence-corrected chi connectivity index (χ1v) is 7.05. The summed E-state index contributed by atoms with van der Waals surface area (Å²) in [5.41, 5.74) is 6.27. The summed E-state index contributed by atoms with van der Waals surface area (Å²) in [5, 5.41) is 8.06. The summed E-state index contributed by atoms with van der Waals surface area (Å²) >= 11 is 0. The predicted octanol–water partition coefficient (Wildman–Crippen LogP) is 2.57. The Morgan fingerprint density at radius 2 is 1.68 bits per heavy atom. The van der Waals surface area contributed by atoms with Crippen LogP contribution in [0, 0.1) is 6.92 Å². The van der Waals surface area contributed by atoms with Crippen molar-refractivity contribution in [2.45, 2.75) is 13.3 Å². The van der Waals surface area contributed by atoms with Crippen LogP contribution in [0.4, 0.5) is 0 Å². The van der Waals surface area contributed by atoms with E-state index in [1.165, 1.54) is 4.79 Å². The molecule has 0 radical (unpaired) electrons. The van der Waals surface area contributed by atoms with Gasteiger partial charge in [-0.2, -0.15) is 4.79 Å². The number of aryl methyl sites for hydroxylation is 1. The highest BCUT2D eigenvalue weighted by Gasteiger charge is 2.13. The lowest BCUT2D eigenvalue weighted by Gasteiger charge is -2.09. The molecule has 22 heavy (non-hydrogen) atoms. The highest BCUT2D eigenvalue weighted by atomic mass is 16.2. The van der Waals surface area contributed by atoms with Crippen LogP contribution in [0.3, 0.4) is 0 Å². The minimum atomic E-state index is -0.131. The van der Waals surface area contributed by atoms with Gasteiger partial charge in [0.05, 0.1) is 12.1 Å². The molecule has 3 rings (SSSR count). The summed E-state index contributed by atoms with van der Waals surface area (Å²) < 4.78 is 0. The summed E-state index contributed by atoms with van der Waals surface area (Å²) in [4.78, 5) is 13.6. The van der Waals surface area contributed by atoms with E-state index in [1.54, 1.807) is 0 Å². The van der Waals surface area contributed by atoms with Crippen LogP contribution >= 0.6 is 0 Å². The second-order valence-corrected chi connectivity index (χ2v) is 5.00. The number of carbonyl (C=O) groups excluding carboxylic acids is 1. The molecular formula is C17H16N4O. The molecule has 0 saturated heterocycles. The Bertz CT molecular complexity index is 766. The fourth-order valence-corrected chi connectivity index (χ4v) is 2.30. The molecule has 0 aliphatic heterocycles. The zero-order valence-electron chi connectivity index (χ0n) is 12.2. The molecule has 0 aliphatic carbocycles. The van der Waals surface area contributed by atoms with E-state index in [2.05, 4.69) is 15.7 Å². The molecule has 5 nitrogen and oxygen atoms in total. The average Bonchev–Trinajstić information content (AvgIpc) is 2.89. The average molecular weight is 292 g/mol. The summed E-state index contributed by atoms with van der Waals surface area (Å²) in [7, 11) is 0. The number of hydrogen-bond acceptors (Lipinski definition) is 3. The van der Waals surface area contributed by atoms with Gasteiger partial charge in [0.2, 0.25) is 5.91 Å². The van der Waals surface area contributed by atoms with Crippen LogP contribution in [0.25, 0.3) is 11.3 Å². The molecule has 1 N–H and O–H groups in total. The topological polar surface area (TPSA) is 59.8 Å². The quantitative estimate of drug-likeness (QED) is 0.804. The van der Waals surface area contributed by atoms with Gasteiger partial charge in [-0.25, -0.2) is 5.43 Å². The third-order valence-corrected chi connectivity index (χ3v) is 3.32. The molecule has 0 unspecified atom stereocenters. The maximum Gasteiger partial charge on any atom is 0.244 e. The van der Waals surface area contributed by atoms with E-state index in [0.717, 1.165) is 22.5 Å². The molecule has 0 fully saturated rings. The fraction of sp³-hybridized carbons (Fsp3) is 0.118. The summed E-state index contributed by atoms with van der Waals surface area (Å²) in [6.07, 6.45) is 0.300. The molecule has 0 saturated carbocycles. The molecule has 1 heterocycles. The number of nitrogens with one attached hydrogen (secondary N) is 1. The van der Waals surface area contributed by atoms with Crippen LogP contribution in [0.15, 0.2) is 60.7 Å². The van der Waals surface area contributed by atoms with Gasteiger partial charge in [0.25, 0.3) is 0 Å². The van der Waals surface area contributed by atoms with Crippen LogP contribution in [0.2, 0.25) is 0 Å². The Balaban J connectivity index is 1.80. The standard InChI is InChI=1S/C17H16N4O/c1-13-17(15-10-6-3-7-11-15)21(20-18-13)19-16(22)12-14-8-4-2-5-9-14/h2-11H,12H2,1H3,(H,19,22). The molecule has 5 heteroatoms. The Morgan fingerprint density at radius 1 is 1.05 bits per heavy atom. The predicted molar refractivity (Wildman–Crippen MR) is 84.7 cm³/mol. The van der Waals surface area contributed by atoms with Crippen LogP contribution in [-0.2, 0) is 11.2 Å². The maximum absolute atomic E-state index is 12.2. The summed E-state index contributed by atoms with van der Waals surface area (Å²) in [5.74, 6) is -0.131. The van der Waals surface area contributed by atoms with E-state index < -0.39 is 0 Å². The van der Waals surface area contributed by atoms with Crippen molar-refractivity contribution in [2.75, 3.05) is 5.43 Å². The molecule has 0 aliphatic rings. The Labute approximate surface area is 128 Å². The van der Waals surface area contributed by atoms with E-state index in [9.17, 15) is 4.79 Å². The van der Waals surface area contributed by atoms with Gasteiger partial charge < -0.3 is 0 Å². The number of aromatic nitrogens is 3. The molecule has 3 aromatic rings. The van der Waals surface area contributed by atoms with Crippen molar-refractivity contribution in [3.8, 4) is 11.3 Å². The van der Waals surface area contributed by atoms with Gasteiger partial charge in [-0.15, -0.1) is 5.10 Å². The van der Waals surface area contributed by atoms with Gasteiger partial charge >= 0.3 is 0 Å². The minimum Gasteiger partial charge on any atom is -0.273 e. The number of carbonyl (C=O) groups is 1. The fourth-order valence-electron chi connectivity index (χ4n) is 2.30. The molecule has 1 amide bonds. The summed E-state index contributed by atoms with van der Waals surface area (Å²) in [6.45, 7) is 1.87. The van der Waals surface area contributed by atoms with E-state index in [4.69, 9.17) is 0 Å². The summed E-state index contributed by atoms with van der Waals surface area (Å²) in [6, 6.07) is 19.4. The maximum atomic E-state index is 12.2. The number of hydrogen-bond donors (Lipinski definition) is 1. The Hall–Kier alpha value is -2.95. The largest absolute Gasteiger partial charge is 0.273 e. The van der Waals surface area contributed by atoms with Crippen LogP contribution in [-0.4, -0.2) is 21.0 Å². The second-order valence-electron chi connectivity index (χ2n) is 5.00. The van der Waals surface area contributed by atoms with Gasteiger partial charge in [0, 0.05) is 5.56 Å². The molecular weight excluding hydrogens is 276 g/mol. The molecule has 1 aromatic heterocycles. The van der Waals surface area contributed by atoms with E-state index in [1.807, 2.05) is 67.6 Å². The smallest absolute Gasteiger partial charge is 0.244 e. The lowest BCUT2D eigenvalue weighted by Crippen LogP contribution is -2.26. The molecule has 110 valence electrons. The van der Waals surface area contributed by atoms with Crippen molar-refractivity contribution in [3.05, 3.63) is 71.9 Å². The first-order valence-electron chi connectivity index (χ1n) is 7.05. The third kappa shape index (κ3) is 3.03. The highest BCUT2D eigenvalue weighted by molar-refractivity contribution is 5.86. The van der Waals surface area contributed by atoms with Crippen molar-refractivity contribution in [3.63, 3.8) is 0 Å². The first-order chi connectivity index (χ1) is 10.7. The normalized spacial score (nSPS) is 10.4. The second kappa shape index (κ2) is 6.22. The van der Waals surface area contributed by atoms with Gasteiger partial charge in [-0.1, -0.05) is 60.7 Å². The molecule has 0 atom stereocenters. The van der Waals surface area contributed by atoms with E-state index in [-0.39, 0.29) is 5.91 Å². The van der Waals surface area contributed by atoms with Gasteiger partial charge in [0.1, 0.15) is 5.69 Å². The van der Waals surface area contributed by atoms with Crippen LogP contribution in [0.1, 0.15) is 11.3 Å². The van der Waals surface area contributed by atoms with Crippen molar-refractivity contribution >= 4 is 5.91 Å². The zero-order valence-corrected chi connectivity index (χ0v) is 12.2. The van der Waals surface area contributed by atoms with Crippen molar-refractivity contribution in [1.82, 2.24) is 15.1 Å². The van der Waals surface area contributed by atoms with Gasteiger partial charge in [0.15, 0.2) is 0 Å². The first kappa shape index (κ1) is 14.0. The zero-order chi connectivity index (χ0) is 15.4. The van der Waals surface area contributed by atoms with Gasteiger partial charge in [-0.05, 0) is 17.7 Å². The number of benzene rings is 2. The van der Waals surface area contributed by atoms with E-state index >= 15 is 0 Å². The number of amides is 1. The van der Waals surface area contributed by atoms with Crippen molar-refractivity contribution in [2.24, 2.45) is 0 Å². The SMILES string of the molecule is Cc1nnn(NC(=O)Cc2ccccc2)c1-c1ccccc1. The van der Waals surface area contributed by atoms with Crippen molar-refractivity contribution in [1.29, 1.82) is 0 Å². The third-order valence-electron chi connectivity index (χ3n) is 3.32. The number of rotatable bonds is 4. The molecule has 2 aromatic carbocycles.